The molecule has 21 heavy (non-hydrogen) atoms. The molecule has 0 radical (unpaired) electrons. The van der Waals surface area contributed by atoms with Crippen LogP contribution in [0.5, 0.6) is 0 Å². The van der Waals surface area contributed by atoms with E-state index in [-0.39, 0.29) is 10.6 Å². The Balaban J connectivity index is 2.52. The van der Waals surface area contributed by atoms with Crippen molar-refractivity contribution in [2.75, 3.05) is 11.9 Å². The molecule has 0 unspecified atom stereocenters. The highest BCUT2D eigenvalue weighted by atomic mass is 16.6. The number of nitro groups is 1. The zero-order chi connectivity index (χ0) is 15.2. The Morgan fingerprint density at radius 2 is 2.14 bits per heavy atom. The average Bonchev–Trinajstić information content (AvgIpc) is 2.93. The molecule has 1 aromatic heterocycles. The lowest BCUT2D eigenvalue weighted by molar-refractivity contribution is -0.383. The maximum Gasteiger partial charge on any atom is 0.316 e. The van der Waals surface area contributed by atoms with Gasteiger partial charge in [0.15, 0.2) is 0 Å². The third-order valence-corrected chi connectivity index (χ3v) is 3.21. The second-order valence-electron chi connectivity index (χ2n) is 4.82. The number of nitrogens with one attached hydrogen (secondary N) is 1. The number of nitrogens with zero attached hydrogens (tertiary/aromatic N) is 3. The Labute approximate surface area is 124 Å². The normalized spacial score (nSPS) is 10.6. The largest absolute Gasteiger partial charge is 0.379 e. The monoisotopic (exact) mass is 288 g/mol. The first-order chi connectivity index (χ1) is 10.2. The van der Waals surface area contributed by atoms with Gasteiger partial charge in [0.05, 0.1) is 4.92 Å². The van der Waals surface area contributed by atoms with E-state index >= 15 is 0 Å². The van der Waals surface area contributed by atoms with Crippen molar-refractivity contribution < 1.29 is 4.92 Å². The first kappa shape index (κ1) is 15.0. The fourth-order valence-electron chi connectivity index (χ4n) is 2.28. The minimum Gasteiger partial charge on any atom is -0.379 e. The summed E-state index contributed by atoms with van der Waals surface area (Å²) >= 11 is 0. The van der Waals surface area contributed by atoms with E-state index in [1.165, 1.54) is 0 Å². The number of anilines is 1. The average molecular weight is 288 g/mol. The number of nitro benzene ring substituents is 1. The Kier molecular flexibility index (Phi) is 4.92. The molecule has 0 spiro atoms. The van der Waals surface area contributed by atoms with Gasteiger partial charge in [-0.05, 0) is 25.0 Å². The molecule has 0 saturated carbocycles. The van der Waals surface area contributed by atoms with Crippen LogP contribution in [0.15, 0.2) is 30.6 Å². The van der Waals surface area contributed by atoms with Crippen LogP contribution in [0.2, 0.25) is 0 Å². The van der Waals surface area contributed by atoms with Crippen molar-refractivity contribution in [3.63, 3.8) is 0 Å². The lowest BCUT2D eigenvalue weighted by atomic mass is 10.2. The quantitative estimate of drug-likeness (QED) is 0.624. The molecule has 2 aromatic rings. The molecule has 1 aromatic carbocycles. The van der Waals surface area contributed by atoms with Crippen LogP contribution < -0.4 is 5.32 Å². The van der Waals surface area contributed by atoms with E-state index in [0.717, 1.165) is 25.1 Å². The molecule has 0 aliphatic carbocycles. The molecule has 1 heterocycles. The summed E-state index contributed by atoms with van der Waals surface area (Å²) in [4.78, 5) is 15.5. The molecule has 0 bridgehead atoms. The molecular weight excluding hydrogens is 268 g/mol. The number of hydrogen-bond donors (Lipinski definition) is 1. The molecular formula is C15H20N4O2. The van der Waals surface area contributed by atoms with Crippen molar-refractivity contribution >= 4 is 11.4 Å². The summed E-state index contributed by atoms with van der Waals surface area (Å²) in [6.07, 6.45) is 6.10. The number of imidazole rings is 1. The van der Waals surface area contributed by atoms with Crippen molar-refractivity contribution in [3.05, 3.63) is 46.5 Å². The molecule has 1 N–H and O–H groups in total. The highest BCUT2D eigenvalue weighted by molar-refractivity contribution is 5.71. The third kappa shape index (κ3) is 3.21. The highest BCUT2D eigenvalue weighted by Crippen LogP contribution is 2.32. The third-order valence-electron chi connectivity index (χ3n) is 3.21. The van der Waals surface area contributed by atoms with Gasteiger partial charge in [-0.2, -0.15) is 0 Å². The van der Waals surface area contributed by atoms with Gasteiger partial charge < -0.3 is 5.32 Å². The molecule has 2 rings (SSSR count). The van der Waals surface area contributed by atoms with Crippen LogP contribution >= 0.6 is 0 Å². The minimum absolute atomic E-state index is 0.0984. The fraction of sp³-hybridized carbons (Fsp3) is 0.400. The van der Waals surface area contributed by atoms with Crippen molar-refractivity contribution in [1.29, 1.82) is 0 Å². The Hall–Kier alpha value is -2.37. The second-order valence-corrected chi connectivity index (χ2v) is 4.82. The van der Waals surface area contributed by atoms with E-state index in [4.69, 9.17) is 0 Å². The first-order valence-electron chi connectivity index (χ1n) is 7.22. The van der Waals surface area contributed by atoms with Crippen LogP contribution in [0.25, 0.3) is 5.69 Å². The highest BCUT2D eigenvalue weighted by Gasteiger charge is 2.21. The predicted octanol–water partition coefficient (Wildman–Crippen LogP) is 3.55. The molecule has 112 valence electrons. The van der Waals surface area contributed by atoms with Crippen molar-refractivity contribution in [2.24, 2.45) is 0 Å². The maximum absolute atomic E-state index is 11.5. The number of benzene rings is 1. The van der Waals surface area contributed by atoms with Gasteiger partial charge >= 0.3 is 5.69 Å². The van der Waals surface area contributed by atoms with Crippen molar-refractivity contribution in [2.45, 2.75) is 33.1 Å². The SMILES string of the molecule is CCCNc1cccc(-n2ccnc2CCC)c1[N+](=O)[O-]. The summed E-state index contributed by atoms with van der Waals surface area (Å²) in [5.41, 5.74) is 1.21. The Morgan fingerprint density at radius 1 is 1.33 bits per heavy atom. The second kappa shape index (κ2) is 6.88. The van der Waals surface area contributed by atoms with E-state index in [0.29, 0.717) is 17.9 Å². The number of hydrogen-bond acceptors (Lipinski definition) is 4. The first-order valence-corrected chi connectivity index (χ1v) is 7.22. The summed E-state index contributed by atoms with van der Waals surface area (Å²) in [6, 6.07) is 5.33. The van der Waals surface area contributed by atoms with E-state index in [1.807, 2.05) is 13.0 Å². The molecule has 0 atom stereocenters. The van der Waals surface area contributed by atoms with Gasteiger partial charge in [-0.1, -0.05) is 19.9 Å². The number of para-hydroxylation sites is 1. The summed E-state index contributed by atoms with van der Waals surface area (Å²) < 4.78 is 1.80. The summed E-state index contributed by atoms with van der Waals surface area (Å²) in [5.74, 6) is 0.841. The van der Waals surface area contributed by atoms with E-state index in [9.17, 15) is 10.1 Å². The molecule has 0 saturated heterocycles. The van der Waals surface area contributed by atoms with Crippen LogP contribution in [-0.4, -0.2) is 21.0 Å². The predicted molar refractivity (Wildman–Crippen MR) is 83.0 cm³/mol. The smallest absolute Gasteiger partial charge is 0.316 e. The van der Waals surface area contributed by atoms with Gasteiger partial charge in [-0.15, -0.1) is 0 Å². The van der Waals surface area contributed by atoms with Crippen LogP contribution in [0, 0.1) is 10.1 Å². The number of aromatic nitrogens is 2. The van der Waals surface area contributed by atoms with Gasteiger partial charge in [0.25, 0.3) is 0 Å². The van der Waals surface area contributed by atoms with E-state index < -0.39 is 0 Å². The van der Waals surface area contributed by atoms with Gasteiger partial charge in [0.1, 0.15) is 17.2 Å². The Morgan fingerprint density at radius 3 is 2.81 bits per heavy atom. The molecule has 0 aliphatic heterocycles. The standard InChI is InChI=1S/C15H20N4O2/c1-3-6-14-17-10-11-18(14)13-8-5-7-12(16-9-4-2)15(13)19(20)21/h5,7-8,10-11,16H,3-4,6,9H2,1-2H3. The molecule has 6 heteroatoms. The molecule has 0 amide bonds. The zero-order valence-corrected chi connectivity index (χ0v) is 12.4. The lowest BCUT2D eigenvalue weighted by Crippen LogP contribution is -2.08. The van der Waals surface area contributed by atoms with Crippen molar-refractivity contribution in [3.8, 4) is 5.69 Å². The van der Waals surface area contributed by atoms with Gasteiger partial charge in [-0.25, -0.2) is 4.98 Å². The van der Waals surface area contributed by atoms with E-state index in [1.54, 1.807) is 29.1 Å². The van der Waals surface area contributed by atoms with Gasteiger partial charge in [0, 0.05) is 25.4 Å². The lowest BCUT2D eigenvalue weighted by Gasteiger charge is -2.12. The topological polar surface area (TPSA) is 73.0 Å². The summed E-state index contributed by atoms with van der Waals surface area (Å²) in [5, 5.41) is 14.6. The summed E-state index contributed by atoms with van der Waals surface area (Å²) in [7, 11) is 0. The molecule has 6 nitrogen and oxygen atoms in total. The zero-order valence-electron chi connectivity index (χ0n) is 12.4. The van der Waals surface area contributed by atoms with E-state index in [2.05, 4.69) is 17.2 Å². The maximum atomic E-state index is 11.5. The molecule has 0 aliphatic rings. The fourth-order valence-corrected chi connectivity index (χ4v) is 2.28. The van der Waals surface area contributed by atoms with Gasteiger partial charge in [-0.3, -0.25) is 14.7 Å². The Bertz CT molecular complexity index is 622. The van der Waals surface area contributed by atoms with Crippen LogP contribution in [0.4, 0.5) is 11.4 Å². The number of aryl methyl sites for hydroxylation is 1. The number of rotatable bonds is 7. The van der Waals surface area contributed by atoms with Crippen LogP contribution in [-0.2, 0) is 6.42 Å². The van der Waals surface area contributed by atoms with Crippen LogP contribution in [0.3, 0.4) is 0 Å². The minimum atomic E-state index is -0.330. The van der Waals surface area contributed by atoms with Gasteiger partial charge in [0.2, 0.25) is 0 Å². The summed E-state index contributed by atoms with van der Waals surface area (Å²) in [6.45, 7) is 4.79. The molecule has 0 fully saturated rings. The van der Waals surface area contributed by atoms with Crippen molar-refractivity contribution in [1.82, 2.24) is 9.55 Å². The van der Waals surface area contributed by atoms with Crippen LogP contribution in [0.1, 0.15) is 32.5 Å².